The summed E-state index contributed by atoms with van der Waals surface area (Å²) in [6, 6.07) is 7.41. The maximum atomic E-state index is 12.4. The van der Waals surface area contributed by atoms with Gasteiger partial charge in [0.1, 0.15) is 5.75 Å². The zero-order valence-electron chi connectivity index (χ0n) is 13.5. The van der Waals surface area contributed by atoms with Crippen molar-refractivity contribution in [3.8, 4) is 5.75 Å². The summed E-state index contributed by atoms with van der Waals surface area (Å²) in [6.07, 6.45) is 1.01. The second kappa shape index (κ2) is 7.29. The molecule has 0 unspecified atom stereocenters. The van der Waals surface area contributed by atoms with Gasteiger partial charge in [-0.2, -0.15) is 0 Å². The zero-order valence-corrected chi connectivity index (χ0v) is 13.5. The highest BCUT2D eigenvalue weighted by molar-refractivity contribution is 5.85. The third kappa shape index (κ3) is 3.24. The molecule has 5 heteroatoms. The highest BCUT2D eigenvalue weighted by Crippen LogP contribution is 2.37. The number of nitrogens with one attached hydrogen (secondary N) is 1. The van der Waals surface area contributed by atoms with E-state index in [9.17, 15) is 9.59 Å². The summed E-state index contributed by atoms with van der Waals surface area (Å²) in [7, 11) is 1.62. The number of likely N-dealkylation sites (tertiary alicyclic amines) is 1. The number of methoxy groups -OCH3 is 1. The number of ether oxygens (including phenoxy) is 1. The van der Waals surface area contributed by atoms with Crippen molar-refractivity contribution in [1.82, 2.24) is 10.2 Å². The van der Waals surface area contributed by atoms with Gasteiger partial charge < -0.3 is 15.0 Å². The SMILES string of the molecule is CCNC(=O)[C@@H]1CCC(=O)N(CC)[C@H]1c1cccc(OC)c1. The van der Waals surface area contributed by atoms with E-state index in [-0.39, 0.29) is 23.8 Å². The van der Waals surface area contributed by atoms with Crippen LogP contribution in [0.4, 0.5) is 0 Å². The van der Waals surface area contributed by atoms with Crippen LogP contribution in [-0.4, -0.2) is 36.9 Å². The fourth-order valence-corrected chi connectivity index (χ4v) is 3.14. The molecule has 1 heterocycles. The number of rotatable bonds is 5. The van der Waals surface area contributed by atoms with E-state index in [1.54, 1.807) is 12.0 Å². The first-order valence-electron chi connectivity index (χ1n) is 7.83. The minimum atomic E-state index is -0.229. The van der Waals surface area contributed by atoms with Gasteiger partial charge in [-0.15, -0.1) is 0 Å². The molecule has 22 heavy (non-hydrogen) atoms. The Hall–Kier alpha value is -2.04. The van der Waals surface area contributed by atoms with Crippen LogP contribution in [0.1, 0.15) is 38.3 Å². The molecule has 1 aromatic rings. The first-order chi connectivity index (χ1) is 10.6. The van der Waals surface area contributed by atoms with Crippen LogP contribution < -0.4 is 10.1 Å². The molecule has 0 saturated carbocycles. The van der Waals surface area contributed by atoms with E-state index in [0.29, 0.717) is 25.9 Å². The van der Waals surface area contributed by atoms with Crippen LogP contribution in [0.5, 0.6) is 5.75 Å². The lowest BCUT2D eigenvalue weighted by atomic mass is 9.83. The predicted octanol–water partition coefficient (Wildman–Crippen LogP) is 2.13. The largest absolute Gasteiger partial charge is 0.497 e. The summed E-state index contributed by atoms with van der Waals surface area (Å²) >= 11 is 0. The molecule has 1 aliphatic rings. The monoisotopic (exact) mass is 304 g/mol. The molecule has 0 aromatic heterocycles. The Kier molecular flexibility index (Phi) is 5.41. The van der Waals surface area contributed by atoms with E-state index in [4.69, 9.17) is 4.74 Å². The summed E-state index contributed by atoms with van der Waals surface area (Å²) in [5.74, 6) is 0.642. The van der Waals surface area contributed by atoms with Crippen molar-refractivity contribution >= 4 is 11.8 Å². The number of hydrogen-bond donors (Lipinski definition) is 1. The lowest BCUT2D eigenvalue weighted by Crippen LogP contribution is -2.47. The first-order valence-corrected chi connectivity index (χ1v) is 7.83. The standard InChI is InChI=1S/C17H24N2O3/c1-4-18-17(21)14-9-10-15(20)19(5-2)16(14)12-7-6-8-13(11-12)22-3/h6-8,11,14,16H,4-5,9-10H2,1-3H3,(H,18,21)/t14-,16+/m1/s1. The van der Waals surface area contributed by atoms with Crippen molar-refractivity contribution < 1.29 is 14.3 Å². The Morgan fingerprint density at radius 1 is 1.41 bits per heavy atom. The van der Waals surface area contributed by atoms with Crippen LogP contribution in [0.2, 0.25) is 0 Å². The second-order valence-corrected chi connectivity index (χ2v) is 5.44. The third-order valence-electron chi connectivity index (χ3n) is 4.17. The quantitative estimate of drug-likeness (QED) is 0.906. The summed E-state index contributed by atoms with van der Waals surface area (Å²) in [5, 5.41) is 2.89. The van der Waals surface area contributed by atoms with Gasteiger partial charge in [-0.05, 0) is 38.0 Å². The fraction of sp³-hybridized carbons (Fsp3) is 0.529. The minimum absolute atomic E-state index is 0.0151. The van der Waals surface area contributed by atoms with Gasteiger partial charge in [-0.3, -0.25) is 9.59 Å². The predicted molar refractivity (Wildman–Crippen MR) is 84.5 cm³/mol. The van der Waals surface area contributed by atoms with E-state index >= 15 is 0 Å². The van der Waals surface area contributed by atoms with Gasteiger partial charge in [-0.1, -0.05) is 12.1 Å². The Labute approximate surface area is 131 Å². The molecule has 1 N–H and O–H groups in total. The Morgan fingerprint density at radius 3 is 2.82 bits per heavy atom. The van der Waals surface area contributed by atoms with E-state index in [1.807, 2.05) is 38.1 Å². The normalized spacial score (nSPS) is 21.6. The number of hydrogen-bond acceptors (Lipinski definition) is 3. The van der Waals surface area contributed by atoms with E-state index in [0.717, 1.165) is 11.3 Å². The molecule has 1 fully saturated rings. The van der Waals surface area contributed by atoms with Gasteiger partial charge in [0, 0.05) is 19.5 Å². The first kappa shape index (κ1) is 16.3. The average molecular weight is 304 g/mol. The Morgan fingerprint density at radius 2 is 2.18 bits per heavy atom. The third-order valence-corrected chi connectivity index (χ3v) is 4.17. The molecule has 2 atom stereocenters. The number of carbonyl (C=O) groups is 2. The maximum Gasteiger partial charge on any atom is 0.225 e. The lowest BCUT2D eigenvalue weighted by Gasteiger charge is -2.40. The maximum absolute atomic E-state index is 12.4. The number of benzene rings is 1. The van der Waals surface area contributed by atoms with Crippen LogP contribution in [0.15, 0.2) is 24.3 Å². The van der Waals surface area contributed by atoms with Gasteiger partial charge in [0.2, 0.25) is 11.8 Å². The zero-order chi connectivity index (χ0) is 16.1. The molecule has 1 aromatic carbocycles. The van der Waals surface area contributed by atoms with Gasteiger partial charge in [0.05, 0.1) is 19.1 Å². The summed E-state index contributed by atoms with van der Waals surface area (Å²) in [5.41, 5.74) is 0.950. The summed E-state index contributed by atoms with van der Waals surface area (Å²) in [6.45, 7) is 5.05. The van der Waals surface area contributed by atoms with Crippen molar-refractivity contribution in [2.75, 3.05) is 20.2 Å². The number of nitrogens with zero attached hydrogens (tertiary/aromatic N) is 1. The van der Waals surface area contributed by atoms with E-state index in [2.05, 4.69) is 5.32 Å². The minimum Gasteiger partial charge on any atom is -0.497 e. The molecule has 5 nitrogen and oxygen atoms in total. The van der Waals surface area contributed by atoms with Crippen LogP contribution >= 0.6 is 0 Å². The number of piperidine rings is 1. The molecule has 1 saturated heterocycles. The van der Waals surface area contributed by atoms with Gasteiger partial charge in [-0.25, -0.2) is 0 Å². The molecule has 1 aliphatic heterocycles. The molecule has 0 aliphatic carbocycles. The Balaban J connectivity index is 2.40. The van der Waals surface area contributed by atoms with Crippen LogP contribution in [-0.2, 0) is 9.59 Å². The highest BCUT2D eigenvalue weighted by Gasteiger charge is 2.39. The fourth-order valence-electron chi connectivity index (χ4n) is 3.14. The molecular weight excluding hydrogens is 280 g/mol. The molecule has 120 valence electrons. The summed E-state index contributed by atoms with van der Waals surface area (Å²) < 4.78 is 5.28. The number of carbonyl (C=O) groups excluding carboxylic acids is 2. The second-order valence-electron chi connectivity index (χ2n) is 5.44. The smallest absolute Gasteiger partial charge is 0.225 e. The van der Waals surface area contributed by atoms with Gasteiger partial charge in [0.15, 0.2) is 0 Å². The van der Waals surface area contributed by atoms with E-state index in [1.165, 1.54) is 0 Å². The molecule has 2 rings (SSSR count). The van der Waals surface area contributed by atoms with Crippen molar-refractivity contribution in [3.63, 3.8) is 0 Å². The van der Waals surface area contributed by atoms with Crippen molar-refractivity contribution in [2.45, 2.75) is 32.7 Å². The van der Waals surface area contributed by atoms with E-state index < -0.39 is 0 Å². The molecule has 0 spiro atoms. The molecular formula is C17H24N2O3. The van der Waals surface area contributed by atoms with Crippen molar-refractivity contribution in [3.05, 3.63) is 29.8 Å². The van der Waals surface area contributed by atoms with Crippen molar-refractivity contribution in [1.29, 1.82) is 0 Å². The summed E-state index contributed by atoms with van der Waals surface area (Å²) in [4.78, 5) is 26.5. The number of amides is 2. The van der Waals surface area contributed by atoms with Crippen molar-refractivity contribution in [2.24, 2.45) is 5.92 Å². The average Bonchev–Trinajstić information content (AvgIpc) is 2.54. The van der Waals surface area contributed by atoms with Crippen LogP contribution in [0.25, 0.3) is 0 Å². The van der Waals surface area contributed by atoms with Crippen LogP contribution in [0, 0.1) is 5.92 Å². The molecule has 0 radical (unpaired) electrons. The highest BCUT2D eigenvalue weighted by atomic mass is 16.5. The molecule has 2 amide bonds. The lowest BCUT2D eigenvalue weighted by molar-refractivity contribution is -0.143. The van der Waals surface area contributed by atoms with Gasteiger partial charge >= 0.3 is 0 Å². The van der Waals surface area contributed by atoms with Gasteiger partial charge in [0.25, 0.3) is 0 Å². The topological polar surface area (TPSA) is 58.6 Å². The molecule has 0 bridgehead atoms. The Bertz CT molecular complexity index is 544. The van der Waals surface area contributed by atoms with Crippen LogP contribution in [0.3, 0.4) is 0 Å².